The zero-order valence-electron chi connectivity index (χ0n) is 9.87. The molecule has 1 saturated heterocycles. The Morgan fingerprint density at radius 1 is 1.00 bits per heavy atom. The summed E-state index contributed by atoms with van der Waals surface area (Å²) in [5, 5.41) is 17.7. The lowest BCUT2D eigenvalue weighted by atomic mass is 9.87. The molecule has 2 rings (SSSR count). The molecule has 0 N–H and O–H groups in total. The zero-order valence-corrected chi connectivity index (χ0v) is 9.87. The van der Waals surface area contributed by atoms with E-state index in [1.54, 1.807) is 0 Å². The minimum Gasteiger partial charge on any atom is -0.350 e. The van der Waals surface area contributed by atoms with Gasteiger partial charge in [-0.15, -0.1) is 0 Å². The van der Waals surface area contributed by atoms with Crippen molar-refractivity contribution in [3.8, 4) is 12.1 Å². The van der Waals surface area contributed by atoms with Crippen molar-refractivity contribution in [3.05, 3.63) is 11.1 Å². The van der Waals surface area contributed by atoms with E-state index in [4.69, 9.17) is 20.0 Å². The molecule has 90 valence electrons. The maximum absolute atomic E-state index is 8.83. The molecule has 2 fully saturated rings. The van der Waals surface area contributed by atoms with Crippen molar-refractivity contribution in [1.82, 2.24) is 0 Å². The molecule has 0 aromatic carbocycles. The third-order valence-corrected chi connectivity index (χ3v) is 3.46. The molecule has 1 saturated carbocycles. The van der Waals surface area contributed by atoms with E-state index in [1.165, 1.54) is 0 Å². The number of nitriles is 2. The molecule has 4 nitrogen and oxygen atoms in total. The lowest BCUT2D eigenvalue weighted by Gasteiger charge is -2.36. The first-order chi connectivity index (χ1) is 8.29. The minimum atomic E-state index is -0.448. The molecular formula is C13H16N2O2. The lowest BCUT2D eigenvalue weighted by molar-refractivity contribution is -0.236. The molecule has 0 aromatic rings. The van der Waals surface area contributed by atoms with Crippen molar-refractivity contribution >= 4 is 0 Å². The van der Waals surface area contributed by atoms with Gasteiger partial charge in [-0.3, -0.25) is 0 Å². The van der Waals surface area contributed by atoms with E-state index in [1.807, 2.05) is 12.1 Å². The molecule has 1 aliphatic heterocycles. The fourth-order valence-electron chi connectivity index (χ4n) is 2.42. The zero-order chi connectivity index (χ0) is 12.1. The van der Waals surface area contributed by atoms with Crippen LogP contribution >= 0.6 is 0 Å². The van der Waals surface area contributed by atoms with Crippen LogP contribution in [0, 0.1) is 22.7 Å². The maximum Gasteiger partial charge on any atom is 0.168 e. The topological polar surface area (TPSA) is 66.0 Å². The second-order valence-electron chi connectivity index (χ2n) is 4.52. The minimum absolute atomic E-state index is 0.272. The van der Waals surface area contributed by atoms with Gasteiger partial charge in [0.2, 0.25) is 0 Å². The SMILES string of the molecule is N#CC(C#N)=C1CCC2(CC1)OCCCCO2. The number of rotatable bonds is 0. The summed E-state index contributed by atoms with van der Waals surface area (Å²) in [5.74, 6) is -0.448. The predicted octanol–water partition coefficient (Wildman–Crippen LogP) is 2.43. The van der Waals surface area contributed by atoms with Crippen molar-refractivity contribution in [3.63, 3.8) is 0 Å². The second-order valence-corrected chi connectivity index (χ2v) is 4.52. The smallest absolute Gasteiger partial charge is 0.168 e. The van der Waals surface area contributed by atoms with Crippen LogP contribution in [0.15, 0.2) is 11.1 Å². The van der Waals surface area contributed by atoms with Crippen molar-refractivity contribution in [2.45, 2.75) is 44.3 Å². The Morgan fingerprint density at radius 2 is 1.53 bits per heavy atom. The van der Waals surface area contributed by atoms with Crippen LogP contribution in [0.5, 0.6) is 0 Å². The van der Waals surface area contributed by atoms with Gasteiger partial charge in [-0.05, 0) is 31.3 Å². The third-order valence-electron chi connectivity index (χ3n) is 3.46. The third kappa shape index (κ3) is 2.66. The molecule has 0 unspecified atom stereocenters. The van der Waals surface area contributed by atoms with Crippen LogP contribution in [-0.4, -0.2) is 19.0 Å². The first kappa shape index (κ1) is 12.1. The molecule has 17 heavy (non-hydrogen) atoms. The second kappa shape index (κ2) is 5.31. The van der Waals surface area contributed by atoms with Crippen LogP contribution in [0.1, 0.15) is 38.5 Å². The molecule has 2 aliphatic rings. The molecular weight excluding hydrogens is 216 g/mol. The van der Waals surface area contributed by atoms with Crippen LogP contribution in [0.3, 0.4) is 0 Å². The van der Waals surface area contributed by atoms with Crippen LogP contribution in [0.25, 0.3) is 0 Å². The quantitative estimate of drug-likeness (QED) is 0.601. The van der Waals surface area contributed by atoms with E-state index in [2.05, 4.69) is 0 Å². The van der Waals surface area contributed by atoms with Gasteiger partial charge in [-0.1, -0.05) is 0 Å². The van der Waals surface area contributed by atoms with Gasteiger partial charge in [0, 0.05) is 12.8 Å². The van der Waals surface area contributed by atoms with Gasteiger partial charge < -0.3 is 9.47 Å². The molecule has 0 atom stereocenters. The molecule has 1 aliphatic carbocycles. The first-order valence-corrected chi connectivity index (χ1v) is 6.10. The summed E-state index contributed by atoms with van der Waals surface area (Å²) in [7, 11) is 0. The van der Waals surface area contributed by atoms with E-state index < -0.39 is 5.79 Å². The van der Waals surface area contributed by atoms with E-state index in [0.717, 1.165) is 57.3 Å². The summed E-state index contributed by atoms with van der Waals surface area (Å²) in [4.78, 5) is 0. The molecule has 0 aromatic heterocycles. The van der Waals surface area contributed by atoms with Crippen molar-refractivity contribution in [2.75, 3.05) is 13.2 Å². The highest BCUT2D eigenvalue weighted by atomic mass is 16.7. The van der Waals surface area contributed by atoms with E-state index in [-0.39, 0.29) is 5.57 Å². The number of allylic oxidation sites excluding steroid dienone is 2. The molecule has 0 bridgehead atoms. The predicted molar refractivity (Wildman–Crippen MR) is 60.6 cm³/mol. The average molecular weight is 232 g/mol. The van der Waals surface area contributed by atoms with Crippen LogP contribution < -0.4 is 0 Å². The normalized spacial score (nSPS) is 23.5. The average Bonchev–Trinajstić information content (AvgIpc) is 2.59. The van der Waals surface area contributed by atoms with Crippen molar-refractivity contribution < 1.29 is 9.47 Å². The van der Waals surface area contributed by atoms with Gasteiger partial charge in [0.1, 0.15) is 17.7 Å². The molecule has 0 amide bonds. The number of hydrogen-bond acceptors (Lipinski definition) is 4. The highest BCUT2D eigenvalue weighted by Gasteiger charge is 2.37. The Kier molecular flexibility index (Phi) is 3.78. The highest BCUT2D eigenvalue weighted by Crippen LogP contribution is 2.37. The van der Waals surface area contributed by atoms with Gasteiger partial charge in [-0.25, -0.2) is 0 Å². The highest BCUT2D eigenvalue weighted by molar-refractivity contribution is 5.40. The van der Waals surface area contributed by atoms with Crippen molar-refractivity contribution in [2.24, 2.45) is 0 Å². The largest absolute Gasteiger partial charge is 0.350 e. The summed E-state index contributed by atoms with van der Waals surface area (Å²) in [6.07, 6.45) is 5.08. The molecule has 4 heteroatoms. The van der Waals surface area contributed by atoms with Gasteiger partial charge in [0.25, 0.3) is 0 Å². The summed E-state index contributed by atoms with van der Waals surface area (Å²) in [6.45, 7) is 1.50. The summed E-state index contributed by atoms with van der Waals surface area (Å²) < 4.78 is 11.6. The molecule has 0 radical (unpaired) electrons. The van der Waals surface area contributed by atoms with E-state index in [0.29, 0.717) is 0 Å². The Bertz CT molecular complexity index is 365. The fourth-order valence-corrected chi connectivity index (χ4v) is 2.42. The van der Waals surface area contributed by atoms with Gasteiger partial charge in [0.05, 0.1) is 13.2 Å². The Morgan fingerprint density at radius 3 is 2.00 bits per heavy atom. The lowest BCUT2D eigenvalue weighted by Crippen LogP contribution is -2.38. The van der Waals surface area contributed by atoms with Crippen LogP contribution in [0.4, 0.5) is 0 Å². The standard InChI is InChI=1S/C13H16N2O2/c14-9-12(10-15)11-3-5-13(6-4-11)16-7-1-2-8-17-13/h1-8H2. The van der Waals surface area contributed by atoms with Crippen LogP contribution in [0.2, 0.25) is 0 Å². The fraction of sp³-hybridized carbons (Fsp3) is 0.692. The monoisotopic (exact) mass is 232 g/mol. The van der Waals surface area contributed by atoms with Crippen molar-refractivity contribution in [1.29, 1.82) is 10.5 Å². The van der Waals surface area contributed by atoms with Gasteiger partial charge in [-0.2, -0.15) is 10.5 Å². The Hall–Kier alpha value is -1.36. The van der Waals surface area contributed by atoms with Gasteiger partial charge >= 0.3 is 0 Å². The Labute approximate surface area is 101 Å². The van der Waals surface area contributed by atoms with E-state index >= 15 is 0 Å². The maximum atomic E-state index is 8.83. The summed E-state index contributed by atoms with van der Waals surface area (Å²) in [6, 6.07) is 3.92. The van der Waals surface area contributed by atoms with E-state index in [9.17, 15) is 0 Å². The molecule has 1 spiro atoms. The van der Waals surface area contributed by atoms with Crippen LogP contribution in [-0.2, 0) is 9.47 Å². The summed E-state index contributed by atoms with van der Waals surface area (Å²) >= 11 is 0. The summed E-state index contributed by atoms with van der Waals surface area (Å²) in [5.41, 5.74) is 1.23. The molecule has 1 heterocycles. The number of hydrogen-bond donors (Lipinski definition) is 0. The first-order valence-electron chi connectivity index (χ1n) is 6.10. The number of nitrogens with zero attached hydrogens (tertiary/aromatic N) is 2. The number of ether oxygens (including phenoxy) is 2. The Balaban J connectivity index is 2.05. The van der Waals surface area contributed by atoms with Gasteiger partial charge in [0.15, 0.2) is 5.79 Å².